The van der Waals surface area contributed by atoms with Crippen molar-refractivity contribution >= 4 is 25.9 Å². The Labute approximate surface area is 182 Å². The number of sulfonamides is 1. The van der Waals surface area contributed by atoms with Crippen molar-refractivity contribution in [3.63, 3.8) is 0 Å². The molecule has 2 aromatic carbocycles. The van der Waals surface area contributed by atoms with Crippen LogP contribution in [-0.2, 0) is 33.0 Å². The lowest BCUT2D eigenvalue weighted by molar-refractivity contribution is 0.319. The first kappa shape index (κ1) is 21.4. The van der Waals surface area contributed by atoms with E-state index in [-0.39, 0.29) is 14.7 Å². The number of nitrogens with zero attached hydrogens (tertiary/aromatic N) is 2. The molecule has 1 aliphatic rings. The van der Waals surface area contributed by atoms with Crippen LogP contribution in [0.5, 0.6) is 0 Å². The highest BCUT2D eigenvalue weighted by Crippen LogP contribution is 2.26. The molecule has 0 spiro atoms. The Balaban J connectivity index is 1.55. The van der Waals surface area contributed by atoms with Crippen molar-refractivity contribution in [1.82, 2.24) is 9.21 Å². The Bertz CT molecular complexity index is 1340. The average Bonchev–Trinajstić information content (AvgIpc) is 3.22. The van der Waals surface area contributed by atoms with E-state index in [0.29, 0.717) is 13.1 Å². The summed E-state index contributed by atoms with van der Waals surface area (Å²) in [5.41, 5.74) is 2.01. The molecule has 0 fully saturated rings. The van der Waals surface area contributed by atoms with Crippen molar-refractivity contribution in [3.05, 3.63) is 83.9 Å². The van der Waals surface area contributed by atoms with E-state index in [9.17, 15) is 16.8 Å². The largest absolute Gasteiger partial charge is 0.467 e. The topological polar surface area (TPSA) is 87.9 Å². The van der Waals surface area contributed by atoms with E-state index in [1.807, 2.05) is 18.3 Å². The Morgan fingerprint density at radius 1 is 0.935 bits per heavy atom. The third-order valence-corrected chi connectivity index (χ3v) is 8.68. The zero-order chi connectivity index (χ0) is 22.2. The molecule has 2 heterocycles. The van der Waals surface area contributed by atoms with Crippen LogP contribution >= 0.6 is 0 Å². The minimum Gasteiger partial charge on any atom is -0.467 e. The maximum Gasteiger partial charge on any atom is 0.242 e. The standard InChI is InChI=1S/C22H22N2O5S2/c1-23(2)31(27,28)21-5-3-4-20(14-21)30(25,26)19-8-6-17(7-9-19)15-24-12-10-18-11-13-29-22(18)16-24/h3-14H,15-16H2,1-2H3. The molecule has 4 rings (SSSR count). The van der Waals surface area contributed by atoms with Gasteiger partial charge in [0.2, 0.25) is 19.9 Å². The van der Waals surface area contributed by atoms with Gasteiger partial charge in [0, 0.05) is 32.4 Å². The van der Waals surface area contributed by atoms with Crippen LogP contribution in [0, 0.1) is 0 Å². The Kier molecular flexibility index (Phi) is 5.50. The van der Waals surface area contributed by atoms with Gasteiger partial charge in [-0.15, -0.1) is 0 Å². The molecular weight excluding hydrogens is 436 g/mol. The van der Waals surface area contributed by atoms with E-state index >= 15 is 0 Å². The second-order valence-corrected chi connectivity index (χ2v) is 11.5. The predicted molar refractivity (Wildman–Crippen MR) is 116 cm³/mol. The molecule has 0 saturated carbocycles. The molecular formula is C22H22N2O5S2. The van der Waals surface area contributed by atoms with Crippen LogP contribution in [0.1, 0.15) is 16.9 Å². The lowest BCUT2D eigenvalue weighted by Gasteiger charge is -2.22. The first-order valence-electron chi connectivity index (χ1n) is 9.53. The Morgan fingerprint density at radius 3 is 2.35 bits per heavy atom. The molecule has 1 aliphatic heterocycles. The van der Waals surface area contributed by atoms with E-state index < -0.39 is 19.9 Å². The molecule has 0 radical (unpaired) electrons. The lowest BCUT2D eigenvalue weighted by Crippen LogP contribution is -2.22. The number of benzene rings is 2. The first-order chi connectivity index (χ1) is 14.7. The number of furan rings is 1. The van der Waals surface area contributed by atoms with Crippen molar-refractivity contribution < 1.29 is 21.3 Å². The molecule has 0 aliphatic carbocycles. The van der Waals surface area contributed by atoms with Crippen LogP contribution in [0.15, 0.2) is 86.2 Å². The van der Waals surface area contributed by atoms with Crippen molar-refractivity contribution in [2.45, 2.75) is 27.8 Å². The van der Waals surface area contributed by atoms with Crippen LogP contribution in [0.2, 0.25) is 0 Å². The van der Waals surface area contributed by atoms with E-state index in [2.05, 4.69) is 4.90 Å². The summed E-state index contributed by atoms with van der Waals surface area (Å²) in [6.45, 7) is 1.25. The van der Waals surface area contributed by atoms with Gasteiger partial charge in [-0.2, -0.15) is 0 Å². The quantitative estimate of drug-likeness (QED) is 0.563. The summed E-state index contributed by atoms with van der Waals surface area (Å²) in [5.74, 6) is 0.897. The van der Waals surface area contributed by atoms with Gasteiger partial charge >= 0.3 is 0 Å². The molecule has 0 amide bonds. The van der Waals surface area contributed by atoms with Crippen LogP contribution in [-0.4, -0.2) is 40.1 Å². The zero-order valence-electron chi connectivity index (χ0n) is 17.1. The number of hydrogen-bond donors (Lipinski definition) is 0. The van der Waals surface area contributed by atoms with Crippen LogP contribution < -0.4 is 0 Å². The van der Waals surface area contributed by atoms with Crippen molar-refractivity contribution in [2.24, 2.45) is 0 Å². The van der Waals surface area contributed by atoms with E-state index in [1.54, 1.807) is 30.5 Å². The second-order valence-electron chi connectivity index (χ2n) is 7.43. The lowest BCUT2D eigenvalue weighted by atomic mass is 10.1. The third kappa shape index (κ3) is 4.16. The second kappa shape index (κ2) is 7.99. The van der Waals surface area contributed by atoms with Crippen LogP contribution in [0.25, 0.3) is 6.08 Å². The summed E-state index contributed by atoms with van der Waals surface area (Å²) in [5, 5.41) is 0. The molecule has 1 aromatic heterocycles. The molecule has 3 aromatic rings. The van der Waals surface area contributed by atoms with E-state index in [4.69, 9.17) is 4.42 Å². The molecule has 9 heteroatoms. The predicted octanol–water partition coefficient (Wildman–Crippen LogP) is 3.35. The zero-order valence-corrected chi connectivity index (χ0v) is 18.7. The maximum absolute atomic E-state index is 13.0. The monoisotopic (exact) mass is 458 g/mol. The summed E-state index contributed by atoms with van der Waals surface area (Å²) in [4.78, 5) is 2.06. The van der Waals surface area contributed by atoms with Crippen LogP contribution in [0.3, 0.4) is 0 Å². The third-order valence-electron chi connectivity index (χ3n) is 5.11. The van der Waals surface area contributed by atoms with Crippen LogP contribution in [0.4, 0.5) is 0 Å². The van der Waals surface area contributed by atoms with Gasteiger partial charge < -0.3 is 9.32 Å². The van der Waals surface area contributed by atoms with Gasteiger partial charge in [-0.1, -0.05) is 18.2 Å². The molecule has 0 bridgehead atoms. The van der Waals surface area contributed by atoms with Gasteiger partial charge in [0.15, 0.2) is 0 Å². The highest BCUT2D eigenvalue weighted by atomic mass is 32.2. The summed E-state index contributed by atoms with van der Waals surface area (Å²) in [6.07, 6.45) is 5.63. The molecule has 0 unspecified atom stereocenters. The fourth-order valence-corrected chi connectivity index (χ4v) is 5.65. The Morgan fingerprint density at radius 2 is 1.65 bits per heavy atom. The average molecular weight is 459 g/mol. The Hall–Kier alpha value is -2.88. The van der Waals surface area contributed by atoms with Gasteiger partial charge in [0.1, 0.15) is 5.76 Å². The molecule has 162 valence electrons. The van der Waals surface area contributed by atoms with Gasteiger partial charge in [-0.25, -0.2) is 21.1 Å². The smallest absolute Gasteiger partial charge is 0.242 e. The fourth-order valence-electron chi connectivity index (χ4n) is 3.32. The van der Waals surface area contributed by atoms with Gasteiger partial charge in [0.05, 0.1) is 27.5 Å². The van der Waals surface area contributed by atoms with E-state index in [1.165, 1.54) is 38.4 Å². The summed E-state index contributed by atoms with van der Waals surface area (Å²) in [6, 6.07) is 13.9. The summed E-state index contributed by atoms with van der Waals surface area (Å²) in [7, 11) is -4.78. The van der Waals surface area contributed by atoms with Gasteiger partial charge in [-0.3, -0.25) is 0 Å². The summed E-state index contributed by atoms with van der Waals surface area (Å²) >= 11 is 0. The molecule has 0 saturated heterocycles. The molecule has 0 N–H and O–H groups in total. The number of fused-ring (bicyclic) bond motifs is 1. The van der Waals surface area contributed by atoms with Gasteiger partial charge in [-0.05, 0) is 48.0 Å². The minimum atomic E-state index is -3.86. The van der Waals surface area contributed by atoms with Gasteiger partial charge in [0.25, 0.3) is 0 Å². The number of sulfone groups is 1. The SMILES string of the molecule is CN(C)S(=O)(=O)c1cccc(S(=O)(=O)c2ccc(CN3C=Cc4ccoc4C3)cc2)c1. The molecule has 7 nitrogen and oxygen atoms in total. The maximum atomic E-state index is 13.0. The molecule has 31 heavy (non-hydrogen) atoms. The first-order valence-corrected chi connectivity index (χ1v) is 12.5. The van der Waals surface area contributed by atoms with E-state index in [0.717, 1.165) is 21.2 Å². The molecule has 0 atom stereocenters. The number of hydrogen-bond acceptors (Lipinski definition) is 6. The van der Waals surface area contributed by atoms with Crippen molar-refractivity contribution in [1.29, 1.82) is 0 Å². The minimum absolute atomic E-state index is 0.0625. The van der Waals surface area contributed by atoms with Crippen molar-refractivity contribution in [2.75, 3.05) is 14.1 Å². The highest BCUT2D eigenvalue weighted by Gasteiger charge is 2.23. The normalized spacial score (nSPS) is 14.1. The summed E-state index contributed by atoms with van der Waals surface area (Å²) < 4.78 is 57.3. The highest BCUT2D eigenvalue weighted by molar-refractivity contribution is 7.91. The fraction of sp³-hybridized carbons (Fsp3) is 0.182. The van der Waals surface area contributed by atoms with Crippen molar-refractivity contribution in [3.8, 4) is 0 Å². The number of rotatable bonds is 6.